The van der Waals surface area contributed by atoms with Gasteiger partial charge in [0.1, 0.15) is 24.7 Å². The highest BCUT2D eigenvalue weighted by molar-refractivity contribution is 8.76. The largest absolute Gasteiger partial charge is 0.448 e. The van der Waals surface area contributed by atoms with Crippen LogP contribution < -0.4 is 27.5 Å². The number of anilines is 2. The van der Waals surface area contributed by atoms with E-state index in [2.05, 4.69) is 43.3 Å². The van der Waals surface area contributed by atoms with Crippen LogP contribution in [0.3, 0.4) is 0 Å². The minimum Gasteiger partial charge on any atom is -0.448 e. The standard InChI is InChI=1S/C22H26F2N8O8S3/c23-22(24)16(40-12-21(22,37)11-33)32-5-3-15(29-18(32)34)30-20(36)39-7-9-43-42-8-6-38-19(35)28-13-2-1-4-26-14(13)10-27-31-17(25)41/h1-5,10,16,33,37H,6-9,11-12H2,(H,28,35)(H3,25,31,41)(H,29,30,34,36)/b27-10-. The fourth-order valence-electron chi connectivity index (χ4n) is 3.24. The van der Waals surface area contributed by atoms with Crippen molar-refractivity contribution in [2.45, 2.75) is 17.8 Å². The number of rotatable bonds is 13. The zero-order chi connectivity index (χ0) is 31.5. The Morgan fingerprint density at radius 1 is 1.26 bits per heavy atom. The van der Waals surface area contributed by atoms with Gasteiger partial charge in [-0.15, -0.1) is 0 Å². The maximum Gasteiger partial charge on any atom is 0.412 e. The van der Waals surface area contributed by atoms with E-state index in [-0.39, 0.29) is 24.1 Å². The van der Waals surface area contributed by atoms with E-state index in [1.54, 1.807) is 12.1 Å². The molecule has 2 aromatic heterocycles. The second kappa shape index (κ2) is 15.7. The Morgan fingerprint density at radius 3 is 2.53 bits per heavy atom. The fraction of sp³-hybridized carbons (Fsp3) is 0.409. The summed E-state index contributed by atoms with van der Waals surface area (Å²) < 4.78 is 44.2. The first-order chi connectivity index (χ1) is 20.5. The number of halogens is 2. The van der Waals surface area contributed by atoms with Crippen LogP contribution in [0.4, 0.5) is 29.9 Å². The molecule has 1 saturated heterocycles. The monoisotopic (exact) mass is 664 g/mol. The van der Waals surface area contributed by atoms with Gasteiger partial charge in [0.25, 0.3) is 0 Å². The molecule has 0 spiro atoms. The summed E-state index contributed by atoms with van der Waals surface area (Å²) in [4.78, 5) is 43.8. The van der Waals surface area contributed by atoms with E-state index in [1.807, 2.05) is 0 Å². The number of alkyl halides is 2. The Kier molecular flexibility index (Phi) is 12.4. The number of ether oxygens (including phenoxy) is 3. The van der Waals surface area contributed by atoms with Crippen molar-refractivity contribution >= 4 is 68.8 Å². The number of aliphatic hydroxyl groups excluding tert-OH is 1. The van der Waals surface area contributed by atoms with E-state index in [1.165, 1.54) is 34.0 Å². The topological polar surface area (TPSA) is 225 Å². The lowest BCUT2D eigenvalue weighted by Crippen LogP contribution is -2.52. The number of nitrogens with one attached hydrogen (secondary N) is 3. The normalized spacial score (nSPS) is 19.1. The Bertz CT molecular complexity index is 1390. The second-order valence-electron chi connectivity index (χ2n) is 8.31. The predicted octanol–water partition coefficient (Wildman–Crippen LogP) is 0.871. The van der Waals surface area contributed by atoms with Gasteiger partial charge in [-0.1, -0.05) is 21.6 Å². The van der Waals surface area contributed by atoms with Gasteiger partial charge in [-0.25, -0.2) is 14.4 Å². The van der Waals surface area contributed by atoms with Gasteiger partial charge in [0.05, 0.1) is 25.1 Å². The zero-order valence-electron chi connectivity index (χ0n) is 22.0. The summed E-state index contributed by atoms with van der Waals surface area (Å²) in [5.74, 6) is -3.43. The van der Waals surface area contributed by atoms with E-state index in [0.29, 0.717) is 27.5 Å². The highest BCUT2D eigenvalue weighted by atomic mass is 33.1. The highest BCUT2D eigenvalue weighted by Crippen LogP contribution is 2.45. The molecule has 1 fully saturated rings. The SMILES string of the molecule is NC(=S)N/N=C\c1ncccc1NC(=O)OCCSSCCOC(=O)Nc1ccn(C2OCC(O)(CO)C2(F)F)c(=O)n1. The third kappa shape index (κ3) is 9.43. The number of amides is 2. The Balaban J connectivity index is 1.31. The van der Waals surface area contributed by atoms with E-state index >= 15 is 0 Å². The lowest BCUT2D eigenvalue weighted by molar-refractivity contribution is -0.195. The smallest absolute Gasteiger partial charge is 0.412 e. The molecule has 0 radical (unpaired) electrons. The van der Waals surface area contributed by atoms with Gasteiger partial charge in [0, 0.05) is 23.9 Å². The fourth-order valence-corrected chi connectivity index (χ4v) is 4.95. The molecule has 1 aliphatic heterocycles. The third-order valence-electron chi connectivity index (χ3n) is 5.30. The maximum absolute atomic E-state index is 14.4. The van der Waals surface area contributed by atoms with E-state index in [4.69, 9.17) is 25.1 Å². The minimum absolute atomic E-state index is 0.0150. The number of thiocarbonyl (C=S) groups is 1. The maximum atomic E-state index is 14.4. The van der Waals surface area contributed by atoms with Crippen LogP contribution in [-0.2, 0) is 14.2 Å². The molecular formula is C22H26F2N8O8S3. The van der Waals surface area contributed by atoms with Crippen molar-refractivity contribution in [2.75, 3.05) is 48.6 Å². The quantitative estimate of drug-likeness (QED) is 0.0575. The van der Waals surface area contributed by atoms with Crippen molar-refractivity contribution in [3.8, 4) is 0 Å². The molecule has 3 rings (SSSR count). The van der Waals surface area contributed by atoms with E-state index < -0.39 is 48.8 Å². The van der Waals surface area contributed by atoms with Crippen molar-refractivity contribution in [1.82, 2.24) is 20.0 Å². The number of hydrogen-bond acceptors (Lipinski definition) is 14. The molecule has 21 heteroatoms. The average Bonchev–Trinajstić information content (AvgIpc) is 3.19. The molecule has 0 saturated carbocycles. The number of hydrogen-bond donors (Lipinski definition) is 6. The molecule has 2 unspecified atom stereocenters. The van der Waals surface area contributed by atoms with Crippen LogP contribution in [0.1, 0.15) is 11.9 Å². The van der Waals surface area contributed by atoms with Crippen molar-refractivity contribution in [3.63, 3.8) is 0 Å². The van der Waals surface area contributed by atoms with E-state index in [9.17, 15) is 28.3 Å². The molecule has 1 aliphatic rings. The van der Waals surface area contributed by atoms with Crippen LogP contribution in [0.2, 0.25) is 0 Å². The van der Waals surface area contributed by atoms with Crippen LogP contribution in [0.15, 0.2) is 40.5 Å². The lowest BCUT2D eigenvalue weighted by Gasteiger charge is -2.28. The van der Waals surface area contributed by atoms with Crippen molar-refractivity contribution in [3.05, 3.63) is 46.8 Å². The summed E-state index contributed by atoms with van der Waals surface area (Å²) in [5.41, 5.74) is 4.33. The average molecular weight is 665 g/mol. The first kappa shape index (κ1) is 33.9. The molecule has 0 aromatic carbocycles. The number of aromatic nitrogens is 3. The summed E-state index contributed by atoms with van der Waals surface area (Å²) in [7, 11) is 2.71. The summed E-state index contributed by atoms with van der Waals surface area (Å²) in [6, 6.07) is 4.29. The molecule has 16 nitrogen and oxygen atoms in total. The van der Waals surface area contributed by atoms with E-state index in [0.717, 1.165) is 12.3 Å². The molecule has 7 N–H and O–H groups in total. The summed E-state index contributed by atoms with van der Waals surface area (Å²) in [6.07, 6.45) is -0.0920. The lowest BCUT2D eigenvalue weighted by atomic mass is 9.99. The molecule has 234 valence electrons. The molecule has 2 atom stereocenters. The highest BCUT2D eigenvalue weighted by Gasteiger charge is 2.65. The van der Waals surface area contributed by atoms with Gasteiger partial charge < -0.3 is 30.2 Å². The number of carbonyl (C=O) groups is 2. The number of carbonyl (C=O) groups excluding carboxylic acids is 2. The summed E-state index contributed by atoms with van der Waals surface area (Å²) in [5, 5.41) is 27.4. The van der Waals surface area contributed by atoms with Gasteiger partial charge in [-0.3, -0.25) is 25.6 Å². The van der Waals surface area contributed by atoms with Crippen molar-refractivity contribution in [2.24, 2.45) is 10.8 Å². The molecule has 2 aromatic rings. The zero-order valence-corrected chi connectivity index (χ0v) is 24.4. The number of hydrazone groups is 1. The van der Waals surface area contributed by atoms with Crippen LogP contribution >= 0.6 is 33.8 Å². The van der Waals surface area contributed by atoms with Crippen molar-refractivity contribution in [1.29, 1.82) is 0 Å². The molecule has 43 heavy (non-hydrogen) atoms. The molecule has 0 bridgehead atoms. The molecule has 0 aliphatic carbocycles. The summed E-state index contributed by atoms with van der Waals surface area (Å²) >= 11 is 4.65. The number of nitrogens with zero attached hydrogens (tertiary/aromatic N) is 4. The molecule has 2 amide bonds. The van der Waals surface area contributed by atoms with Gasteiger partial charge in [0.2, 0.25) is 6.23 Å². The first-order valence-corrected chi connectivity index (χ1v) is 14.9. The predicted molar refractivity (Wildman–Crippen MR) is 157 cm³/mol. The first-order valence-electron chi connectivity index (χ1n) is 12.0. The summed E-state index contributed by atoms with van der Waals surface area (Å²) in [6.45, 7) is -2.10. The Hall–Kier alpha value is -3.63. The van der Waals surface area contributed by atoms with Crippen LogP contribution in [0.25, 0.3) is 0 Å². The van der Waals surface area contributed by atoms with Crippen LogP contribution in [-0.4, -0.2) is 97.7 Å². The van der Waals surface area contributed by atoms with Gasteiger partial charge >= 0.3 is 23.8 Å². The second-order valence-corrected chi connectivity index (χ2v) is 11.5. The number of aliphatic hydroxyl groups is 2. The number of nitrogens with two attached hydrogens (primary N) is 1. The van der Waals surface area contributed by atoms with Crippen LogP contribution in [0, 0.1) is 0 Å². The Labute approximate surface area is 255 Å². The number of pyridine rings is 1. The van der Waals surface area contributed by atoms with Gasteiger partial charge in [-0.2, -0.15) is 18.9 Å². The van der Waals surface area contributed by atoms with Crippen molar-refractivity contribution < 1.29 is 42.8 Å². The molecular weight excluding hydrogens is 638 g/mol. The minimum atomic E-state index is -3.98. The van der Waals surface area contributed by atoms with Gasteiger partial charge in [0.15, 0.2) is 10.7 Å². The third-order valence-corrected chi connectivity index (χ3v) is 7.73. The Morgan fingerprint density at radius 2 is 1.93 bits per heavy atom. The van der Waals surface area contributed by atoms with Gasteiger partial charge in [-0.05, 0) is 30.4 Å². The van der Waals surface area contributed by atoms with Crippen LogP contribution in [0.5, 0.6) is 0 Å². The molecule has 3 heterocycles.